The number of sulfonamides is 1. The zero-order chi connectivity index (χ0) is 21.8. The van der Waals surface area contributed by atoms with E-state index in [1.807, 2.05) is 0 Å². The number of ether oxygens (including phenoxy) is 1. The van der Waals surface area contributed by atoms with Crippen LogP contribution in [0.15, 0.2) is 52.0 Å². The van der Waals surface area contributed by atoms with E-state index in [9.17, 15) is 18.0 Å². The molecule has 9 nitrogen and oxygen atoms in total. The highest BCUT2D eigenvalue weighted by Gasteiger charge is 2.29. The first-order chi connectivity index (χ1) is 14.9. The van der Waals surface area contributed by atoms with Crippen molar-refractivity contribution in [3.05, 3.63) is 48.4 Å². The second kappa shape index (κ2) is 9.21. The van der Waals surface area contributed by atoms with Gasteiger partial charge in [-0.25, -0.2) is 8.42 Å². The van der Waals surface area contributed by atoms with Crippen molar-refractivity contribution in [2.24, 2.45) is 5.92 Å². The molecular formula is C21H25N3O6S. The average Bonchev–Trinajstić information content (AvgIpc) is 3.35. The van der Waals surface area contributed by atoms with Crippen molar-refractivity contribution in [1.82, 2.24) is 9.21 Å². The van der Waals surface area contributed by atoms with Crippen LogP contribution in [-0.4, -0.2) is 68.8 Å². The normalized spacial score (nSPS) is 18.6. The lowest BCUT2D eigenvalue weighted by Gasteiger charge is -2.30. The van der Waals surface area contributed by atoms with Gasteiger partial charge in [-0.15, -0.1) is 0 Å². The molecular weight excluding hydrogens is 422 g/mol. The third-order valence-corrected chi connectivity index (χ3v) is 7.53. The second-order valence-corrected chi connectivity index (χ2v) is 9.51. The Kier molecular flexibility index (Phi) is 6.40. The Labute approximate surface area is 181 Å². The summed E-state index contributed by atoms with van der Waals surface area (Å²) in [6.07, 6.45) is 2.58. The Hall–Kier alpha value is -2.69. The van der Waals surface area contributed by atoms with Gasteiger partial charge in [0.15, 0.2) is 5.76 Å². The van der Waals surface area contributed by atoms with Gasteiger partial charge in [0.2, 0.25) is 15.9 Å². The molecule has 2 amide bonds. The zero-order valence-corrected chi connectivity index (χ0v) is 17.8. The van der Waals surface area contributed by atoms with Crippen LogP contribution >= 0.6 is 0 Å². The van der Waals surface area contributed by atoms with E-state index in [0.29, 0.717) is 63.7 Å². The van der Waals surface area contributed by atoms with Crippen LogP contribution in [0.5, 0.6) is 0 Å². The van der Waals surface area contributed by atoms with Gasteiger partial charge in [-0.1, -0.05) is 0 Å². The number of rotatable bonds is 5. The highest BCUT2D eigenvalue weighted by molar-refractivity contribution is 7.89. The molecule has 31 heavy (non-hydrogen) atoms. The monoisotopic (exact) mass is 447 g/mol. The summed E-state index contributed by atoms with van der Waals surface area (Å²) in [6.45, 7) is 2.41. The van der Waals surface area contributed by atoms with Crippen molar-refractivity contribution < 1.29 is 27.2 Å². The zero-order valence-electron chi connectivity index (χ0n) is 17.0. The van der Waals surface area contributed by atoms with Gasteiger partial charge in [-0.2, -0.15) is 4.31 Å². The number of morpholine rings is 1. The van der Waals surface area contributed by atoms with Crippen molar-refractivity contribution in [3.63, 3.8) is 0 Å². The Bertz CT molecular complexity index is 1010. The van der Waals surface area contributed by atoms with Crippen molar-refractivity contribution in [2.45, 2.75) is 17.7 Å². The summed E-state index contributed by atoms with van der Waals surface area (Å²) >= 11 is 0. The number of nitrogens with zero attached hydrogens (tertiary/aromatic N) is 2. The summed E-state index contributed by atoms with van der Waals surface area (Å²) in [5.41, 5.74) is 0.542. The Morgan fingerprint density at radius 3 is 2.26 bits per heavy atom. The lowest BCUT2D eigenvalue weighted by atomic mass is 9.95. The van der Waals surface area contributed by atoms with Gasteiger partial charge >= 0.3 is 0 Å². The Morgan fingerprint density at radius 1 is 0.968 bits per heavy atom. The molecule has 2 aromatic rings. The number of nitrogens with one attached hydrogen (secondary N) is 1. The number of hydrogen-bond acceptors (Lipinski definition) is 6. The fourth-order valence-electron chi connectivity index (χ4n) is 3.79. The number of amides is 2. The summed E-state index contributed by atoms with van der Waals surface area (Å²) in [5, 5.41) is 2.85. The molecule has 0 unspecified atom stereocenters. The number of likely N-dealkylation sites (tertiary alicyclic amines) is 1. The van der Waals surface area contributed by atoms with Crippen molar-refractivity contribution >= 4 is 27.5 Å². The molecule has 1 aromatic carbocycles. The van der Waals surface area contributed by atoms with Crippen LogP contribution < -0.4 is 5.32 Å². The molecule has 2 aliphatic rings. The largest absolute Gasteiger partial charge is 0.459 e. The number of anilines is 1. The van der Waals surface area contributed by atoms with Crippen LogP contribution in [0.25, 0.3) is 0 Å². The highest BCUT2D eigenvalue weighted by atomic mass is 32.2. The number of carbonyl (C=O) groups is 2. The minimum atomic E-state index is -3.57. The van der Waals surface area contributed by atoms with Crippen LogP contribution in [-0.2, 0) is 19.6 Å². The first-order valence-electron chi connectivity index (χ1n) is 10.3. The molecule has 2 saturated heterocycles. The maximum Gasteiger partial charge on any atom is 0.289 e. The van der Waals surface area contributed by atoms with E-state index in [-0.39, 0.29) is 22.6 Å². The summed E-state index contributed by atoms with van der Waals surface area (Å²) in [7, 11) is -3.57. The maximum atomic E-state index is 12.7. The number of furan rings is 1. The van der Waals surface area contributed by atoms with Crippen molar-refractivity contribution in [2.75, 3.05) is 44.7 Å². The number of piperidine rings is 1. The van der Waals surface area contributed by atoms with E-state index in [1.165, 1.54) is 22.7 Å². The van der Waals surface area contributed by atoms with Crippen molar-refractivity contribution in [1.29, 1.82) is 0 Å². The number of hydrogen-bond donors (Lipinski definition) is 1. The van der Waals surface area contributed by atoms with Crippen molar-refractivity contribution in [3.8, 4) is 0 Å². The lowest BCUT2D eigenvalue weighted by molar-refractivity contribution is -0.121. The molecule has 3 heterocycles. The molecule has 0 atom stereocenters. The smallest absolute Gasteiger partial charge is 0.289 e. The first-order valence-corrected chi connectivity index (χ1v) is 11.7. The highest BCUT2D eigenvalue weighted by Crippen LogP contribution is 2.23. The topological polar surface area (TPSA) is 109 Å². The van der Waals surface area contributed by atoms with E-state index in [0.717, 1.165) is 0 Å². The summed E-state index contributed by atoms with van der Waals surface area (Å²) < 4.78 is 37.1. The van der Waals surface area contributed by atoms with E-state index >= 15 is 0 Å². The predicted molar refractivity (Wildman–Crippen MR) is 112 cm³/mol. The first kappa shape index (κ1) is 21.5. The van der Waals surface area contributed by atoms with Gasteiger partial charge in [0, 0.05) is 37.8 Å². The summed E-state index contributed by atoms with van der Waals surface area (Å²) in [4.78, 5) is 26.8. The molecule has 0 spiro atoms. The van der Waals surface area contributed by atoms with Crippen LogP contribution in [0.3, 0.4) is 0 Å². The number of benzene rings is 1. The van der Waals surface area contributed by atoms with Crippen LogP contribution in [0, 0.1) is 5.92 Å². The van der Waals surface area contributed by atoms with Gasteiger partial charge in [-0.05, 0) is 49.2 Å². The summed E-state index contributed by atoms with van der Waals surface area (Å²) in [5.74, 6) is -0.206. The van der Waals surface area contributed by atoms with Gasteiger partial charge in [0.25, 0.3) is 5.91 Å². The molecule has 0 bridgehead atoms. The van der Waals surface area contributed by atoms with Crippen LogP contribution in [0.1, 0.15) is 23.4 Å². The quantitative estimate of drug-likeness (QED) is 0.749. The molecule has 0 aliphatic carbocycles. The van der Waals surface area contributed by atoms with E-state index in [4.69, 9.17) is 9.15 Å². The van der Waals surface area contributed by atoms with Gasteiger partial charge < -0.3 is 19.4 Å². The predicted octanol–water partition coefficient (Wildman–Crippen LogP) is 1.79. The van der Waals surface area contributed by atoms with E-state index in [1.54, 1.807) is 29.2 Å². The molecule has 10 heteroatoms. The lowest BCUT2D eigenvalue weighted by Crippen LogP contribution is -2.41. The standard InChI is InChI=1S/C21H25N3O6S/c25-20(16-7-9-23(10-8-16)21(26)19-2-1-13-30-19)22-17-3-5-18(6-4-17)31(27,28)24-11-14-29-15-12-24/h1-6,13,16H,7-12,14-15H2,(H,22,25). The molecule has 1 N–H and O–H groups in total. The molecule has 1 aromatic heterocycles. The molecule has 166 valence electrons. The van der Waals surface area contributed by atoms with E-state index in [2.05, 4.69) is 5.32 Å². The fraction of sp³-hybridized carbons (Fsp3) is 0.429. The van der Waals surface area contributed by atoms with Crippen LogP contribution in [0.4, 0.5) is 5.69 Å². The van der Waals surface area contributed by atoms with Gasteiger partial charge in [0.05, 0.1) is 24.4 Å². The van der Waals surface area contributed by atoms with Crippen LogP contribution in [0.2, 0.25) is 0 Å². The molecule has 2 aliphatic heterocycles. The molecule has 0 saturated carbocycles. The van der Waals surface area contributed by atoms with Gasteiger partial charge in [0.1, 0.15) is 0 Å². The molecule has 2 fully saturated rings. The average molecular weight is 448 g/mol. The second-order valence-electron chi connectivity index (χ2n) is 7.57. The minimum Gasteiger partial charge on any atom is -0.459 e. The Morgan fingerprint density at radius 2 is 1.65 bits per heavy atom. The van der Waals surface area contributed by atoms with E-state index < -0.39 is 10.0 Å². The Balaban J connectivity index is 1.31. The fourth-order valence-corrected chi connectivity index (χ4v) is 5.20. The SMILES string of the molecule is O=C(Nc1ccc(S(=O)(=O)N2CCOCC2)cc1)C1CCN(C(=O)c2ccco2)CC1. The molecule has 4 rings (SSSR count). The van der Waals surface area contributed by atoms with Gasteiger partial charge in [-0.3, -0.25) is 9.59 Å². The third kappa shape index (κ3) is 4.81. The third-order valence-electron chi connectivity index (χ3n) is 5.61. The molecule has 0 radical (unpaired) electrons. The number of carbonyl (C=O) groups excluding carboxylic acids is 2. The summed E-state index contributed by atoms with van der Waals surface area (Å²) in [6, 6.07) is 9.51. The minimum absolute atomic E-state index is 0.131. The maximum absolute atomic E-state index is 12.7.